The van der Waals surface area contributed by atoms with E-state index in [0.717, 1.165) is 38.0 Å². The highest BCUT2D eigenvalue weighted by Gasteiger charge is 2.48. The lowest BCUT2D eigenvalue weighted by molar-refractivity contribution is 0.285. The van der Waals surface area contributed by atoms with Crippen molar-refractivity contribution in [2.45, 2.75) is 37.6 Å². The minimum atomic E-state index is -0.103. The smallest absolute Gasteiger partial charge is 0.226 e. The highest BCUT2D eigenvalue weighted by molar-refractivity contribution is 6.43. The Morgan fingerprint density at radius 1 is 1.16 bits per heavy atom. The zero-order chi connectivity index (χ0) is 22.5. The summed E-state index contributed by atoms with van der Waals surface area (Å²) in [6.45, 7) is 3.38. The molecule has 32 heavy (non-hydrogen) atoms. The number of benzene rings is 1. The van der Waals surface area contributed by atoms with Crippen molar-refractivity contribution in [3.63, 3.8) is 0 Å². The maximum atomic E-state index is 9.84. The molecule has 0 amide bonds. The van der Waals surface area contributed by atoms with Gasteiger partial charge in [0.15, 0.2) is 5.69 Å². The van der Waals surface area contributed by atoms with Crippen molar-refractivity contribution in [3.8, 4) is 17.2 Å². The zero-order valence-electron chi connectivity index (χ0n) is 17.6. The van der Waals surface area contributed by atoms with Crippen LogP contribution in [0.2, 0.25) is 10.0 Å². The van der Waals surface area contributed by atoms with Gasteiger partial charge in [0.2, 0.25) is 5.95 Å². The number of rotatable bonds is 2. The van der Waals surface area contributed by atoms with Crippen LogP contribution in [-0.4, -0.2) is 34.1 Å². The van der Waals surface area contributed by atoms with Crippen LogP contribution in [0.5, 0.6) is 0 Å². The maximum Gasteiger partial charge on any atom is 0.226 e. The van der Waals surface area contributed by atoms with Gasteiger partial charge in [0, 0.05) is 41.9 Å². The normalized spacial score (nSPS) is 19.1. The molecule has 1 fully saturated rings. The van der Waals surface area contributed by atoms with Gasteiger partial charge in [0.25, 0.3) is 0 Å². The van der Waals surface area contributed by atoms with E-state index in [2.05, 4.69) is 22.0 Å². The SMILES string of the molecule is Cc1nc(N2CCC3(CC2)c2ncccc2C[C@H]3N)nc(C#N)c1-c1cccc(Cl)c1Cl. The third-order valence-electron chi connectivity index (χ3n) is 6.86. The minimum absolute atomic E-state index is 0.0687. The van der Waals surface area contributed by atoms with E-state index in [1.165, 1.54) is 5.56 Å². The molecule has 1 aliphatic heterocycles. The Labute approximate surface area is 197 Å². The summed E-state index contributed by atoms with van der Waals surface area (Å²) in [6.07, 6.45) is 4.48. The molecule has 6 nitrogen and oxygen atoms in total. The molecule has 8 heteroatoms. The van der Waals surface area contributed by atoms with Crippen LogP contribution in [0.3, 0.4) is 0 Å². The number of hydrogen-bond acceptors (Lipinski definition) is 6. The minimum Gasteiger partial charge on any atom is -0.341 e. The Morgan fingerprint density at radius 3 is 2.69 bits per heavy atom. The van der Waals surface area contributed by atoms with E-state index in [1.54, 1.807) is 12.1 Å². The number of hydrogen-bond donors (Lipinski definition) is 1. The second-order valence-corrected chi connectivity index (χ2v) is 9.30. The summed E-state index contributed by atoms with van der Waals surface area (Å²) in [6, 6.07) is 11.8. The van der Waals surface area contributed by atoms with Gasteiger partial charge < -0.3 is 10.6 Å². The van der Waals surface area contributed by atoms with Crippen LogP contribution in [0, 0.1) is 18.3 Å². The lowest BCUT2D eigenvalue weighted by atomic mass is 9.73. The van der Waals surface area contributed by atoms with Crippen molar-refractivity contribution >= 4 is 29.2 Å². The molecule has 0 unspecified atom stereocenters. The van der Waals surface area contributed by atoms with E-state index < -0.39 is 0 Å². The van der Waals surface area contributed by atoms with E-state index in [4.69, 9.17) is 38.9 Å². The first-order valence-corrected chi connectivity index (χ1v) is 11.4. The molecule has 1 aliphatic carbocycles. The summed E-state index contributed by atoms with van der Waals surface area (Å²) >= 11 is 12.6. The molecule has 3 aromatic rings. The predicted octanol–water partition coefficient (Wildman–Crippen LogP) is 4.45. The van der Waals surface area contributed by atoms with Crippen molar-refractivity contribution in [2.24, 2.45) is 5.73 Å². The number of aryl methyl sites for hydroxylation is 1. The molecule has 162 valence electrons. The van der Waals surface area contributed by atoms with Gasteiger partial charge in [-0.15, -0.1) is 0 Å². The van der Waals surface area contributed by atoms with Gasteiger partial charge in [-0.05, 0) is 43.9 Å². The number of nitriles is 1. The van der Waals surface area contributed by atoms with Crippen LogP contribution >= 0.6 is 23.2 Å². The topological polar surface area (TPSA) is 91.7 Å². The number of nitrogens with zero attached hydrogens (tertiary/aromatic N) is 5. The summed E-state index contributed by atoms with van der Waals surface area (Å²) in [7, 11) is 0. The molecule has 1 atom stereocenters. The Balaban J connectivity index is 1.46. The van der Waals surface area contributed by atoms with Crippen molar-refractivity contribution in [2.75, 3.05) is 18.0 Å². The summed E-state index contributed by atoms with van der Waals surface area (Å²) in [5, 5.41) is 10.7. The first-order chi connectivity index (χ1) is 15.4. The highest BCUT2D eigenvalue weighted by Crippen LogP contribution is 2.45. The predicted molar refractivity (Wildman–Crippen MR) is 126 cm³/mol. The summed E-state index contributed by atoms with van der Waals surface area (Å²) in [5.41, 5.74) is 11.2. The fourth-order valence-corrected chi connectivity index (χ4v) is 5.57. The molecule has 3 heterocycles. The first-order valence-electron chi connectivity index (χ1n) is 10.6. The lowest BCUT2D eigenvalue weighted by Crippen LogP contribution is -2.51. The summed E-state index contributed by atoms with van der Waals surface area (Å²) in [4.78, 5) is 16.2. The Kier molecular flexibility index (Phi) is 5.29. The molecule has 2 aromatic heterocycles. The largest absolute Gasteiger partial charge is 0.341 e. The highest BCUT2D eigenvalue weighted by atomic mass is 35.5. The molecule has 1 spiro atoms. The van der Waals surface area contributed by atoms with Crippen LogP contribution in [0.15, 0.2) is 36.5 Å². The van der Waals surface area contributed by atoms with Crippen LogP contribution < -0.4 is 10.6 Å². The second-order valence-electron chi connectivity index (χ2n) is 8.51. The molecule has 2 N–H and O–H groups in total. The number of aromatic nitrogens is 3. The fourth-order valence-electron chi connectivity index (χ4n) is 5.17. The maximum absolute atomic E-state index is 9.84. The number of halogens is 2. The van der Waals surface area contributed by atoms with Gasteiger partial charge in [-0.25, -0.2) is 9.97 Å². The molecule has 0 radical (unpaired) electrons. The van der Waals surface area contributed by atoms with E-state index in [9.17, 15) is 5.26 Å². The number of piperidine rings is 1. The van der Waals surface area contributed by atoms with Gasteiger partial charge in [0.05, 0.1) is 21.4 Å². The number of nitrogens with two attached hydrogens (primary N) is 1. The van der Waals surface area contributed by atoms with E-state index in [0.29, 0.717) is 38.5 Å². The summed E-state index contributed by atoms with van der Waals surface area (Å²) < 4.78 is 0. The molecular weight excluding hydrogens is 443 g/mol. The Hall–Kier alpha value is -2.72. The van der Waals surface area contributed by atoms with Crippen molar-refractivity contribution in [3.05, 3.63) is 69.2 Å². The van der Waals surface area contributed by atoms with Crippen molar-refractivity contribution in [1.82, 2.24) is 15.0 Å². The van der Waals surface area contributed by atoms with Crippen LogP contribution in [0.25, 0.3) is 11.1 Å². The third-order valence-corrected chi connectivity index (χ3v) is 7.67. The van der Waals surface area contributed by atoms with E-state index in [-0.39, 0.29) is 11.5 Å². The van der Waals surface area contributed by atoms with Gasteiger partial charge in [-0.3, -0.25) is 4.98 Å². The molecule has 1 saturated heterocycles. The Bertz CT molecular complexity index is 1240. The van der Waals surface area contributed by atoms with Crippen LogP contribution in [0.1, 0.15) is 35.5 Å². The molecule has 5 rings (SSSR count). The molecule has 0 saturated carbocycles. The molecule has 1 aromatic carbocycles. The third kappa shape index (κ3) is 3.24. The average Bonchev–Trinajstić information content (AvgIpc) is 3.07. The van der Waals surface area contributed by atoms with Crippen LogP contribution in [-0.2, 0) is 11.8 Å². The van der Waals surface area contributed by atoms with Gasteiger partial charge in [-0.1, -0.05) is 41.4 Å². The van der Waals surface area contributed by atoms with Crippen molar-refractivity contribution in [1.29, 1.82) is 5.26 Å². The average molecular weight is 465 g/mol. The first kappa shape index (κ1) is 21.1. The molecular formula is C24H22Cl2N6. The zero-order valence-corrected chi connectivity index (χ0v) is 19.2. The fraction of sp³-hybridized carbons (Fsp3) is 0.333. The molecule has 2 aliphatic rings. The van der Waals surface area contributed by atoms with Gasteiger partial charge in [-0.2, -0.15) is 5.26 Å². The number of anilines is 1. The summed E-state index contributed by atoms with van der Waals surface area (Å²) in [5.74, 6) is 0.559. The van der Waals surface area contributed by atoms with Crippen molar-refractivity contribution < 1.29 is 0 Å². The van der Waals surface area contributed by atoms with Gasteiger partial charge >= 0.3 is 0 Å². The Morgan fingerprint density at radius 2 is 1.94 bits per heavy atom. The monoisotopic (exact) mass is 464 g/mol. The second kappa shape index (κ2) is 8.00. The van der Waals surface area contributed by atoms with E-state index >= 15 is 0 Å². The lowest BCUT2D eigenvalue weighted by Gasteiger charge is -2.42. The van der Waals surface area contributed by atoms with E-state index in [1.807, 2.05) is 25.3 Å². The number of fused-ring (bicyclic) bond motifs is 2. The van der Waals surface area contributed by atoms with Crippen LogP contribution in [0.4, 0.5) is 5.95 Å². The van der Waals surface area contributed by atoms with Gasteiger partial charge in [0.1, 0.15) is 6.07 Å². The number of pyridine rings is 1. The quantitative estimate of drug-likeness (QED) is 0.602. The standard InChI is InChI=1S/C24H22Cl2N6/c1-14-20(16-5-2-6-17(25)21(16)26)18(13-27)31-23(30-14)32-10-7-24(8-11-32)19(28)12-15-4-3-9-29-22(15)24/h2-6,9,19H,7-8,10-12,28H2,1H3/t19-/m1/s1. The molecule has 0 bridgehead atoms.